The molecule has 0 spiro atoms. The van der Waals surface area contributed by atoms with Gasteiger partial charge in [-0.15, -0.1) is 11.8 Å². The lowest BCUT2D eigenvalue weighted by Crippen LogP contribution is -2.99. The van der Waals surface area contributed by atoms with Gasteiger partial charge in [-0.25, -0.2) is 5.21 Å². The average molecular weight is 362 g/mol. The van der Waals surface area contributed by atoms with Gasteiger partial charge in [0.15, 0.2) is 5.69 Å². The Morgan fingerprint density at radius 1 is 0.923 bits per heavy atom. The minimum absolute atomic E-state index is 0.262. The highest BCUT2D eigenvalue weighted by molar-refractivity contribution is 7.99. The molecule has 0 saturated heterocycles. The highest BCUT2D eigenvalue weighted by Crippen LogP contribution is 2.45. The third-order valence-corrected chi connectivity index (χ3v) is 5.73. The average Bonchev–Trinajstić information content (AvgIpc) is 2.88. The fourth-order valence-electron chi connectivity index (χ4n) is 3.05. The van der Waals surface area contributed by atoms with E-state index in [4.69, 9.17) is 10.2 Å². The summed E-state index contributed by atoms with van der Waals surface area (Å²) in [7, 11) is 0. The van der Waals surface area contributed by atoms with E-state index >= 15 is 0 Å². The molecule has 2 atom stereocenters. The van der Waals surface area contributed by atoms with Crippen LogP contribution in [0.15, 0.2) is 88.8 Å². The molecule has 2 N–H and O–H groups in total. The van der Waals surface area contributed by atoms with Crippen LogP contribution in [0.5, 0.6) is 0 Å². The Morgan fingerprint density at radius 2 is 1.62 bits per heavy atom. The summed E-state index contributed by atoms with van der Waals surface area (Å²) in [4.78, 5) is 6.07. The first-order chi connectivity index (χ1) is 12.7. The first-order valence-corrected chi connectivity index (χ1v) is 9.30. The third kappa shape index (κ3) is 3.57. The van der Waals surface area contributed by atoms with Crippen molar-refractivity contribution in [1.29, 1.82) is 0 Å². The lowest BCUT2D eigenvalue weighted by molar-refractivity contribution is -0.991. The largest absolute Gasteiger partial charge is 0.595 e. The second kappa shape index (κ2) is 7.43. The highest BCUT2D eigenvalue weighted by Gasteiger charge is 2.22. The first-order valence-electron chi connectivity index (χ1n) is 8.42. The fraction of sp³-hybridized carbons (Fsp3) is 0.0952. The number of aliphatic imine (C=N–C) groups is 1. The molecule has 1 heterocycles. The Kier molecular flexibility index (Phi) is 4.86. The number of nitrogens with zero attached hydrogens (tertiary/aromatic N) is 1. The Hall–Kier alpha value is -2.44. The molecule has 0 aromatic heterocycles. The molecule has 0 aliphatic carbocycles. The number of nitrogens with one attached hydrogen (secondary N) is 1. The van der Waals surface area contributed by atoms with Crippen LogP contribution in [0.25, 0.3) is 0 Å². The van der Waals surface area contributed by atoms with Gasteiger partial charge in [0.1, 0.15) is 0 Å². The number of para-hydroxylation sites is 1. The predicted octanol–water partition coefficient (Wildman–Crippen LogP) is 4.45. The molecule has 3 aromatic carbocycles. The van der Waals surface area contributed by atoms with Crippen molar-refractivity contribution in [2.45, 2.75) is 16.6 Å². The van der Waals surface area contributed by atoms with Crippen molar-refractivity contribution in [1.82, 2.24) is 0 Å². The zero-order chi connectivity index (χ0) is 17.9. The van der Waals surface area contributed by atoms with Gasteiger partial charge in [0.25, 0.3) is 0 Å². The van der Waals surface area contributed by atoms with Crippen molar-refractivity contribution in [2.24, 2.45) is 4.99 Å². The van der Waals surface area contributed by atoms with E-state index in [1.165, 1.54) is 10.5 Å². The maximum Gasteiger partial charge on any atom is 0.163 e. The quantitative estimate of drug-likeness (QED) is 0.677. The fourth-order valence-corrected chi connectivity index (χ4v) is 4.28. The number of quaternary nitrogens is 1. The van der Waals surface area contributed by atoms with E-state index in [0.717, 1.165) is 23.4 Å². The van der Waals surface area contributed by atoms with Crippen molar-refractivity contribution in [3.05, 3.63) is 95.2 Å². The summed E-state index contributed by atoms with van der Waals surface area (Å²) in [5.74, 6) is 0. The van der Waals surface area contributed by atoms with E-state index in [0.29, 0.717) is 0 Å². The Morgan fingerprint density at radius 3 is 2.35 bits per heavy atom. The van der Waals surface area contributed by atoms with E-state index in [1.807, 2.05) is 48.2 Å². The van der Waals surface area contributed by atoms with Crippen molar-refractivity contribution in [2.75, 3.05) is 0 Å². The summed E-state index contributed by atoms with van der Waals surface area (Å²) < 4.78 is 0. The van der Waals surface area contributed by atoms with Gasteiger partial charge in [0.2, 0.25) is 0 Å². The summed E-state index contributed by atoms with van der Waals surface area (Å²) in [6.07, 6.45) is 0.787. The molecule has 0 bridgehead atoms. The van der Waals surface area contributed by atoms with E-state index in [9.17, 15) is 5.21 Å². The van der Waals surface area contributed by atoms with E-state index in [-0.39, 0.29) is 10.9 Å². The number of fused-ring (bicyclic) bond motifs is 1. The second-order valence-corrected chi connectivity index (χ2v) is 7.37. The van der Waals surface area contributed by atoms with Crippen LogP contribution in [-0.2, 0) is 0 Å². The molecule has 130 valence electrons. The molecule has 4 nitrogen and oxygen atoms in total. The normalized spacial score (nSPS) is 17.8. The van der Waals surface area contributed by atoms with Crippen molar-refractivity contribution < 1.29 is 10.4 Å². The molecular formula is C21H18N2O2S. The monoisotopic (exact) mass is 362 g/mol. The zero-order valence-corrected chi connectivity index (χ0v) is 14.8. The van der Waals surface area contributed by atoms with Crippen molar-refractivity contribution in [3.63, 3.8) is 0 Å². The van der Waals surface area contributed by atoms with Gasteiger partial charge in [-0.1, -0.05) is 42.5 Å². The zero-order valence-electron chi connectivity index (χ0n) is 14.0. The van der Waals surface area contributed by atoms with Crippen LogP contribution in [0.3, 0.4) is 0 Å². The molecule has 1 aliphatic rings. The van der Waals surface area contributed by atoms with Gasteiger partial charge in [-0.3, -0.25) is 4.99 Å². The predicted molar refractivity (Wildman–Crippen MR) is 105 cm³/mol. The van der Waals surface area contributed by atoms with Gasteiger partial charge < -0.3 is 5.21 Å². The van der Waals surface area contributed by atoms with Gasteiger partial charge >= 0.3 is 0 Å². The summed E-state index contributed by atoms with van der Waals surface area (Å²) in [6, 6.07) is 25.6. The first kappa shape index (κ1) is 17.0. The smallest absolute Gasteiger partial charge is 0.163 e. The summed E-state index contributed by atoms with van der Waals surface area (Å²) in [5, 5.41) is 19.6. The molecule has 0 saturated carbocycles. The molecule has 5 heteroatoms. The SMILES string of the molecule is [O-][NH+](O)c1ccc(C2=Nc3ccccc3SC(c3ccccc3)C2)cc1. The molecule has 4 rings (SSSR count). The van der Waals surface area contributed by atoms with Gasteiger partial charge in [0, 0.05) is 34.4 Å². The van der Waals surface area contributed by atoms with Gasteiger partial charge in [-0.2, -0.15) is 5.23 Å². The molecule has 0 amide bonds. The van der Waals surface area contributed by atoms with Crippen LogP contribution in [0.2, 0.25) is 0 Å². The lowest BCUT2D eigenvalue weighted by Gasteiger charge is -2.16. The van der Waals surface area contributed by atoms with Crippen LogP contribution < -0.4 is 5.23 Å². The van der Waals surface area contributed by atoms with Crippen molar-refractivity contribution in [3.8, 4) is 0 Å². The maximum absolute atomic E-state index is 11.1. The molecule has 3 aromatic rings. The van der Waals surface area contributed by atoms with Crippen LogP contribution >= 0.6 is 11.8 Å². The Labute approximate surface area is 156 Å². The van der Waals surface area contributed by atoms with Gasteiger partial charge in [0.05, 0.1) is 5.69 Å². The molecular weight excluding hydrogens is 344 g/mol. The minimum atomic E-state index is -0.914. The molecule has 0 fully saturated rings. The van der Waals surface area contributed by atoms with E-state index in [1.54, 1.807) is 12.1 Å². The van der Waals surface area contributed by atoms with Crippen molar-refractivity contribution >= 4 is 28.8 Å². The van der Waals surface area contributed by atoms with Gasteiger partial charge in [-0.05, 0) is 35.4 Å². The number of hydrogen-bond acceptors (Lipinski definition) is 4. The molecule has 1 aliphatic heterocycles. The lowest BCUT2D eigenvalue weighted by atomic mass is 10.0. The number of thioether (sulfide) groups is 1. The third-order valence-electron chi connectivity index (χ3n) is 4.41. The topological polar surface area (TPSA) is 60.1 Å². The van der Waals surface area contributed by atoms with Crippen LogP contribution in [0.4, 0.5) is 11.4 Å². The summed E-state index contributed by atoms with van der Waals surface area (Å²) in [6.45, 7) is 0. The number of benzene rings is 3. The number of hydrogen-bond donors (Lipinski definition) is 2. The molecule has 26 heavy (non-hydrogen) atoms. The highest BCUT2D eigenvalue weighted by atomic mass is 32.2. The van der Waals surface area contributed by atoms with E-state index < -0.39 is 5.23 Å². The second-order valence-electron chi connectivity index (χ2n) is 6.13. The standard InChI is InChI=1S/C21H18N2O2S/c24-23(25)17-12-10-15(11-13-17)19-14-21(16-6-2-1-3-7-16)26-20-9-5-4-8-18(20)22-19/h1-13,21,23-24H,14H2. The van der Waals surface area contributed by atoms with Crippen LogP contribution in [-0.4, -0.2) is 10.9 Å². The Balaban J connectivity index is 1.75. The number of rotatable bonds is 3. The molecule has 2 unspecified atom stereocenters. The van der Waals surface area contributed by atoms with E-state index in [2.05, 4.69) is 30.3 Å². The minimum Gasteiger partial charge on any atom is -0.595 e. The summed E-state index contributed by atoms with van der Waals surface area (Å²) >= 11 is 1.83. The van der Waals surface area contributed by atoms with Crippen LogP contribution in [0, 0.1) is 5.21 Å². The maximum atomic E-state index is 11.1. The van der Waals surface area contributed by atoms with Crippen LogP contribution in [0.1, 0.15) is 22.8 Å². The molecule has 0 radical (unpaired) electrons. The Bertz CT molecular complexity index is 924. The summed E-state index contributed by atoms with van der Waals surface area (Å²) in [5.41, 5.74) is 4.47.